The van der Waals surface area contributed by atoms with Gasteiger partial charge in [-0.1, -0.05) is 25.3 Å². The van der Waals surface area contributed by atoms with E-state index >= 15 is 0 Å². The summed E-state index contributed by atoms with van der Waals surface area (Å²) in [5.74, 6) is -1.74. The number of aliphatic hydroxyl groups excluding tert-OH is 1. The summed E-state index contributed by atoms with van der Waals surface area (Å²) >= 11 is 0. The minimum absolute atomic E-state index is 0.000963. The zero-order chi connectivity index (χ0) is 23.7. The van der Waals surface area contributed by atoms with Gasteiger partial charge in [-0.15, -0.1) is 6.58 Å². The van der Waals surface area contributed by atoms with Crippen molar-refractivity contribution in [3.63, 3.8) is 0 Å². The van der Waals surface area contributed by atoms with Crippen LogP contribution in [-0.2, 0) is 14.3 Å². The molecule has 0 aliphatic heterocycles. The van der Waals surface area contributed by atoms with Crippen molar-refractivity contribution >= 4 is 23.9 Å². The van der Waals surface area contributed by atoms with Crippen LogP contribution in [0.4, 0.5) is 9.59 Å². The molecule has 0 spiro atoms. The quantitative estimate of drug-likeness (QED) is 0.222. The molecule has 2 rings (SSSR count). The van der Waals surface area contributed by atoms with Crippen molar-refractivity contribution < 1.29 is 34.1 Å². The van der Waals surface area contributed by atoms with Crippen LogP contribution in [0, 0.1) is 0 Å². The number of amides is 5. The molecule has 180 valence electrons. The molecule has 2 fully saturated rings. The molecule has 2 aliphatic carbocycles. The first-order valence-electron chi connectivity index (χ1n) is 10.7. The van der Waals surface area contributed by atoms with Crippen molar-refractivity contribution in [1.82, 2.24) is 21.3 Å². The van der Waals surface area contributed by atoms with E-state index in [-0.39, 0.29) is 19.0 Å². The van der Waals surface area contributed by atoms with E-state index < -0.39 is 60.8 Å². The van der Waals surface area contributed by atoms with Crippen molar-refractivity contribution in [3.8, 4) is 0 Å². The van der Waals surface area contributed by atoms with E-state index in [1.807, 2.05) is 0 Å². The first kappa shape index (κ1) is 25.4. The molecule has 32 heavy (non-hydrogen) atoms. The number of primary amides is 1. The lowest BCUT2D eigenvalue weighted by Crippen LogP contribution is -2.65. The Hall–Kier alpha value is -2.86. The maximum atomic E-state index is 12.5. The highest BCUT2D eigenvalue weighted by molar-refractivity contribution is 5.89. The maximum absolute atomic E-state index is 12.5. The number of hydrogen-bond donors (Lipinski definition) is 7. The molecule has 4 atom stereocenters. The van der Waals surface area contributed by atoms with Crippen LogP contribution in [0.1, 0.15) is 44.9 Å². The molecule has 2 saturated carbocycles. The summed E-state index contributed by atoms with van der Waals surface area (Å²) in [6, 6.07) is -1.66. The Morgan fingerprint density at radius 3 is 2.41 bits per heavy atom. The number of nitrogens with two attached hydrogens (primary N) is 1. The average molecular weight is 456 g/mol. The number of nitrogens with one attached hydrogen (secondary N) is 4. The van der Waals surface area contributed by atoms with Gasteiger partial charge in [-0.25, -0.2) is 9.59 Å². The predicted molar refractivity (Wildman–Crippen MR) is 113 cm³/mol. The maximum Gasteiger partial charge on any atom is 0.407 e. The Bertz CT molecular complexity index is 712. The summed E-state index contributed by atoms with van der Waals surface area (Å²) in [6.45, 7) is 3.07. The van der Waals surface area contributed by atoms with Crippen LogP contribution in [0.25, 0.3) is 0 Å². The number of urea groups is 1. The molecule has 5 amide bonds. The number of aliphatic hydroxyl groups is 2. The standard InChI is InChI=1S/C20H33N5O7/c1-2-8-22-19(30)32-14-10-20(31,17(28)23-11-15(21)26)9-13(16(14)27)25-18(29)24-12-6-4-3-5-7-12/h2,12-14,16,27,31H,1,3-11H2,(H2,21,26)(H,22,30)(H,23,28)(H2,24,25,29)/t13-,14+,16+,20-/m0/s1. The largest absolute Gasteiger partial charge is 0.443 e. The summed E-state index contributed by atoms with van der Waals surface area (Å²) < 4.78 is 5.19. The van der Waals surface area contributed by atoms with E-state index in [1.54, 1.807) is 0 Å². The van der Waals surface area contributed by atoms with Crippen LogP contribution >= 0.6 is 0 Å². The van der Waals surface area contributed by atoms with Gasteiger partial charge in [0.05, 0.1) is 12.6 Å². The smallest absolute Gasteiger partial charge is 0.407 e. The highest BCUT2D eigenvalue weighted by atomic mass is 16.6. The molecule has 0 bridgehead atoms. The van der Waals surface area contributed by atoms with Gasteiger partial charge in [-0.05, 0) is 12.8 Å². The fourth-order valence-electron chi connectivity index (χ4n) is 4.02. The second kappa shape index (κ2) is 11.7. The SMILES string of the molecule is C=CCNC(=O)O[C@@H]1C[C@](O)(C(=O)NCC(N)=O)C[C@H](NC(=O)NC2CCCCC2)[C@H]1O. The summed E-state index contributed by atoms with van der Waals surface area (Å²) in [7, 11) is 0. The number of carbonyl (C=O) groups excluding carboxylic acids is 4. The molecule has 0 heterocycles. The third-order valence-electron chi connectivity index (χ3n) is 5.64. The van der Waals surface area contributed by atoms with Gasteiger partial charge in [0.2, 0.25) is 5.91 Å². The second-order valence-corrected chi connectivity index (χ2v) is 8.25. The van der Waals surface area contributed by atoms with Crippen molar-refractivity contribution in [2.24, 2.45) is 5.73 Å². The van der Waals surface area contributed by atoms with Gasteiger partial charge >= 0.3 is 12.1 Å². The number of rotatable bonds is 8. The fraction of sp³-hybridized carbons (Fsp3) is 0.700. The number of alkyl carbamates (subject to hydrolysis) is 1. The monoisotopic (exact) mass is 455 g/mol. The van der Waals surface area contributed by atoms with Crippen LogP contribution in [-0.4, -0.2) is 77.1 Å². The highest BCUT2D eigenvalue weighted by Gasteiger charge is 2.51. The summed E-state index contributed by atoms with van der Waals surface area (Å²) in [6.07, 6.45) is 1.86. The van der Waals surface area contributed by atoms with Crippen molar-refractivity contribution in [1.29, 1.82) is 0 Å². The lowest BCUT2D eigenvalue weighted by molar-refractivity contribution is -0.158. The topological polar surface area (TPSA) is 192 Å². The van der Waals surface area contributed by atoms with Gasteiger partial charge in [0.1, 0.15) is 17.8 Å². The molecule has 8 N–H and O–H groups in total. The van der Waals surface area contributed by atoms with Gasteiger partial charge < -0.3 is 42.0 Å². The average Bonchev–Trinajstić information content (AvgIpc) is 2.74. The molecule has 0 saturated heterocycles. The number of carbonyl (C=O) groups is 4. The predicted octanol–water partition coefficient (Wildman–Crippen LogP) is -1.24. The third kappa shape index (κ3) is 7.38. The van der Waals surface area contributed by atoms with E-state index in [4.69, 9.17) is 10.5 Å². The number of hydrogen-bond acceptors (Lipinski definition) is 7. The molecule has 0 aromatic heterocycles. The van der Waals surface area contributed by atoms with E-state index in [0.717, 1.165) is 32.1 Å². The lowest BCUT2D eigenvalue weighted by atomic mass is 9.77. The third-order valence-corrected chi connectivity index (χ3v) is 5.64. The van der Waals surface area contributed by atoms with E-state index in [9.17, 15) is 29.4 Å². The van der Waals surface area contributed by atoms with Gasteiger partial charge in [0.15, 0.2) is 0 Å². The van der Waals surface area contributed by atoms with Gasteiger partial charge in [0.25, 0.3) is 5.91 Å². The Balaban J connectivity index is 2.11. The summed E-state index contributed by atoms with van der Waals surface area (Å²) in [5.41, 5.74) is 2.91. The molecular formula is C20H33N5O7. The van der Waals surface area contributed by atoms with Crippen molar-refractivity contribution in [3.05, 3.63) is 12.7 Å². The van der Waals surface area contributed by atoms with Crippen LogP contribution < -0.4 is 27.0 Å². The minimum atomic E-state index is -2.12. The molecule has 12 nitrogen and oxygen atoms in total. The van der Waals surface area contributed by atoms with Crippen LogP contribution in [0.2, 0.25) is 0 Å². The highest BCUT2D eigenvalue weighted by Crippen LogP contribution is 2.31. The molecular weight excluding hydrogens is 422 g/mol. The van der Waals surface area contributed by atoms with Gasteiger partial charge in [-0.3, -0.25) is 9.59 Å². The van der Waals surface area contributed by atoms with E-state index in [0.29, 0.717) is 0 Å². The Morgan fingerprint density at radius 1 is 1.09 bits per heavy atom. The molecule has 0 aromatic carbocycles. The van der Waals surface area contributed by atoms with E-state index in [2.05, 4.69) is 27.8 Å². The molecule has 12 heteroatoms. The second-order valence-electron chi connectivity index (χ2n) is 8.25. The first-order chi connectivity index (χ1) is 15.1. The Morgan fingerprint density at radius 2 is 1.78 bits per heavy atom. The zero-order valence-corrected chi connectivity index (χ0v) is 18.0. The molecule has 0 unspecified atom stereocenters. The van der Waals surface area contributed by atoms with Crippen molar-refractivity contribution in [2.45, 2.75) is 74.8 Å². The van der Waals surface area contributed by atoms with Crippen LogP contribution in [0.3, 0.4) is 0 Å². The first-order valence-corrected chi connectivity index (χ1v) is 10.7. The molecule has 0 radical (unpaired) electrons. The molecule has 0 aromatic rings. The minimum Gasteiger partial charge on any atom is -0.443 e. The van der Waals surface area contributed by atoms with Gasteiger partial charge in [-0.2, -0.15) is 0 Å². The Kier molecular flexibility index (Phi) is 9.27. The normalized spacial score (nSPS) is 28.1. The zero-order valence-electron chi connectivity index (χ0n) is 18.0. The lowest BCUT2D eigenvalue weighted by Gasteiger charge is -2.42. The van der Waals surface area contributed by atoms with Crippen molar-refractivity contribution in [2.75, 3.05) is 13.1 Å². The molecule has 2 aliphatic rings. The number of ether oxygens (including phenoxy) is 1. The Labute approximate surface area is 186 Å². The fourth-order valence-corrected chi connectivity index (χ4v) is 4.02. The summed E-state index contributed by atoms with van der Waals surface area (Å²) in [5, 5.41) is 31.7. The summed E-state index contributed by atoms with van der Waals surface area (Å²) in [4.78, 5) is 48.0. The van der Waals surface area contributed by atoms with E-state index in [1.165, 1.54) is 6.08 Å². The van der Waals surface area contributed by atoms with Crippen LogP contribution in [0.5, 0.6) is 0 Å². The van der Waals surface area contributed by atoms with Crippen LogP contribution in [0.15, 0.2) is 12.7 Å². The van der Waals surface area contributed by atoms with Gasteiger partial charge in [0, 0.05) is 25.4 Å².